The molecule has 0 bridgehead atoms. The SMILES string of the molecule is CC1(O)CCN(S(=O)(=O)c2ccccc2F)C1. The van der Waals surface area contributed by atoms with Gasteiger partial charge in [-0.3, -0.25) is 0 Å². The molecule has 1 unspecified atom stereocenters. The van der Waals surface area contributed by atoms with E-state index >= 15 is 0 Å². The summed E-state index contributed by atoms with van der Waals surface area (Å²) in [6, 6.07) is 5.26. The molecule has 1 heterocycles. The average molecular weight is 259 g/mol. The van der Waals surface area contributed by atoms with Gasteiger partial charge in [0.25, 0.3) is 0 Å². The number of β-amino-alcohol motifs (C(OH)–C–C–N with tert-alkyl or cyclic N) is 1. The fourth-order valence-corrected chi connectivity index (χ4v) is 3.52. The first-order valence-corrected chi connectivity index (χ1v) is 6.74. The Morgan fingerprint density at radius 2 is 2.06 bits per heavy atom. The second-order valence-corrected chi connectivity index (χ2v) is 6.42. The third-order valence-corrected chi connectivity index (χ3v) is 4.75. The quantitative estimate of drug-likeness (QED) is 0.861. The molecule has 1 N–H and O–H groups in total. The first-order valence-electron chi connectivity index (χ1n) is 5.30. The largest absolute Gasteiger partial charge is 0.389 e. The molecule has 6 heteroatoms. The number of hydrogen-bond acceptors (Lipinski definition) is 3. The van der Waals surface area contributed by atoms with E-state index in [9.17, 15) is 17.9 Å². The van der Waals surface area contributed by atoms with Crippen molar-refractivity contribution in [3.05, 3.63) is 30.1 Å². The minimum atomic E-state index is -3.84. The maximum atomic E-state index is 13.5. The summed E-state index contributed by atoms with van der Waals surface area (Å²) >= 11 is 0. The number of halogens is 1. The third-order valence-electron chi connectivity index (χ3n) is 2.87. The van der Waals surface area contributed by atoms with Gasteiger partial charge in [-0.2, -0.15) is 4.31 Å². The number of benzene rings is 1. The van der Waals surface area contributed by atoms with Gasteiger partial charge < -0.3 is 5.11 Å². The molecule has 17 heavy (non-hydrogen) atoms. The van der Waals surface area contributed by atoms with Crippen LogP contribution < -0.4 is 0 Å². The lowest BCUT2D eigenvalue weighted by Crippen LogP contribution is -2.34. The molecule has 1 aromatic rings. The van der Waals surface area contributed by atoms with Gasteiger partial charge in [0.1, 0.15) is 10.7 Å². The molecule has 1 fully saturated rings. The normalized spacial score (nSPS) is 26.3. The molecule has 0 aliphatic carbocycles. The van der Waals surface area contributed by atoms with Gasteiger partial charge in [0, 0.05) is 13.1 Å². The van der Waals surface area contributed by atoms with Crippen molar-refractivity contribution in [1.82, 2.24) is 4.31 Å². The van der Waals surface area contributed by atoms with Crippen LogP contribution in [-0.4, -0.2) is 36.5 Å². The Kier molecular flexibility index (Phi) is 2.97. The topological polar surface area (TPSA) is 57.6 Å². The van der Waals surface area contributed by atoms with E-state index in [2.05, 4.69) is 0 Å². The Bertz CT molecular complexity index is 527. The van der Waals surface area contributed by atoms with E-state index in [1.807, 2.05) is 0 Å². The highest BCUT2D eigenvalue weighted by molar-refractivity contribution is 7.89. The summed E-state index contributed by atoms with van der Waals surface area (Å²) in [6.07, 6.45) is 0.362. The number of sulfonamides is 1. The molecule has 0 radical (unpaired) electrons. The van der Waals surface area contributed by atoms with Crippen LogP contribution in [0.5, 0.6) is 0 Å². The maximum Gasteiger partial charge on any atom is 0.246 e. The van der Waals surface area contributed by atoms with E-state index < -0.39 is 21.4 Å². The van der Waals surface area contributed by atoms with E-state index in [1.54, 1.807) is 6.92 Å². The summed E-state index contributed by atoms with van der Waals surface area (Å²) in [7, 11) is -3.84. The highest BCUT2D eigenvalue weighted by Crippen LogP contribution is 2.27. The van der Waals surface area contributed by atoms with Gasteiger partial charge in [-0.1, -0.05) is 12.1 Å². The first-order chi connectivity index (χ1) is 7.83. The predicted molar refractivity (Wildman–Crippen MR) is 60.4 cm³/mol. The lowest BCUT2D eigenvalue weighted by Gasteiger charge is -2.19. The Morgan fingerprint density at radius 3 is 2.59 bits per heavy atom. The zero-order valence-corrected chi connectivity index (χ0v) is 10.2. The van der Waals surface area contributed by atoms with E-state index in [1.165, 1.54) is 18.2 Å². The lowest BCUT2D eigenvalue weighted by molar-refractivity contribution is 0.0762. The molecular weight excluding hydrogens is 245 g/mol. The van der Waals surface area contributed by atoms with Crippen LogP contribution >= 0.6 is 0 Å². The molecule has 0 saturated carbocycles. The minimum Gasteiger partial charge on any atom is -0.389 e. The van der Waals surface area contributed by atoms with E-state index in [0.29, 0.717) is 6.42 Å². The predicted octanol–water partition coefficient (Wildman–Crippen LogP) is 0.971. The zero-order valence-electron chi connectivity index (χ0n) is 9.43. The van der Waals surface area contributed by atoms with Crippen LogP contribution in [0, 0.1) is 5.82 Å². The van der Waals surface area contributed by atoms with Gasteiger partial charge in [-0.25, -0.2) is 12.8 Å². The van der Waals surface area contributed by atoms with Crippen LogP contribution in [-0.2, 0) is 10.0 Å². The molecule has 4 nitrogen and oxygen atoms in total. The Morgan fingerprint density at radius 1 is 1.41 bits per heavy atom. The Balaban J connectivity index is 2.36. The highest BCUT2D eigenvalue weighted by Gasteiger charge is 2.39. The molecule has 0 aromatic heterocycles. The van der Waals surface area contributed by atoms with Crippen molar-refractivity contribution in [3.63, 3.8) is 0 Å². The number of rotatable bonds is 2. The standard InChI is InChI=1S/C11H14FNO3S/c1-11(14)6-7-13(8-11)17(15,16)10-5-3-2-4-9(10)12/h2-5,14H,6-8H2,1H3. The van der Waals surface area contributed by atoms with Gasteiger partial charge in [0.05, 0.1) is 5.60 Å². The Hall–Kier alpha value is -0.980. The van der Waals surface area contributed by atoms with E-state index in [0.717, 1.165) is 10.4 Å². The van der Waals surface area contributed by atoms with Crippen molar-refractivity contribution in [3.8, 4) is 0 Å². The van der Waals surface area contributed by atoms with Crippen molar-refractivity contribution in [2.45, 2.75) is 23.8 Å². The van der Waals surface area contributed by atoms with Crippen LogP contribution in [0.25, 0.3) is 0 Å². The fourth-order valence-electron chi connectivity index (χ4n) is 1.90. The molecule has 1 atom stereocenters. The van der Waals surface area contributed by atoms with Crippen LogP contribution in [0.15, 0.2) is 29.2 Å². The van der Waals surface area contributed by atoms with Crippen molar-refractivity contribution in [2.24, 2.45) is 0 Å². The van der Waals surface area contributed by atoms with Crippen molar-refractivity contribution in [2.75, 3.05) is 13.1 Å². The number of hydrogen-bond donors (Lipinski definition) is 1. The smallest absolute Gasteiger partial charge is 0.246 e. The molecule has 0 amide bonds. The Labute approximate surface area is 99.7 Å². The van der Waals surface area contributed by atoms with Crippen LogP contribution in [0.2, 0.25) is 0 Å². The van der Waals surface area contributed by atoms with Crippen molar-refractivity contribution < 1.29 is 17.9 Å². The molecule has 0 spiro atoms. The highest BCUT2D eigenvalue weighted by atomic mass is 32.2. The molecule has 1 saturated heterocycles. The minimum absolute atomic E-state index is 0.00364. The van der Waals surface area contributed by atoms with Gasteiger partial charge >= 0.3 is 0 Å². The third kappa shape index (κ3) is 2.34. The van der Waals surface area contributed by atoms with E-state index in [4.69, 9.17) is 0 Å². The van der Waals surface area contributed by atoms with Gasteiger partial charge in [-0.15, -0.1) is 0 Å². The second-order valence-electron chi connectivity index (χ2n) is 4.52. The molecule has 94 valence electrons. The molecule has 2 rings (SSSR count). The summed E-state index contributed by atoms with van der Waals surface area (Å²) in [5.41, 5.74) is -1.03. The zero-order chi connectivity index (χ0) is 12.7. The first kappa shape index (κ1) is 12.5. The van der Waals surface area contributed by atoms with Gasteiger partial charge in [0.15, 0.2) is 0 Å². The van der Waals surface area contributed by atoms with E-state index in [-0.39, 0.29) is 18.0 Å². The van der Waals surface area contributed by atoms with Gasteiger partial charge in [-0.05, 0) is 25.5 Å². The summed E-state index contributed by atoms with van der Waals surface area (Å²) in [4.78, 5) is -0.335. The van der Waals surface area contributed by atoms with Crippen LogP contribution in [0.3, 0.4) is 0 Å². The lowest BCUT2D eigenvalue weighted by atomic mass is 10.1. The summed E-state index contributed by atoms with van der Waals surface area (Å²) in [5.74, 6) is -0.765. The number of aliphatic hydroxyl groups is 1. The molecule has 1 aliphatic rings. The fraction of sp³-hybridized carbons (Fsp3) is 0.455. The van der Waals surface area contributed by atoms with Gasteiger partial charge in [0.2, 0.25) is 10.0 Å². The summed E-state index contributed by atoms with van der Waals surface area (Å²) in [6.45, 7) is 1.79. The summed E-state index contributed by atoms with van der Waals surface area (Å²) in [5, 5.41) is 9.74. The maximum absolute atomic E-state index is 13.5. The second kappa shape index (κ2) is 4.04. The van der Waals surface area contributed by atoms with Crippen molar-refractivity contribution >= 4 is 10.0 Å². The average Bonchev–Trinajstić information content (AvgIpc) is 2.60. The number of nitrogens with zero attached hydrogens (tertiary/aromatic N) is 1. The van der Waals surface area contributed by atoms with Crippen LogP contribution in [0.4, 0.5) is 4.39 Å². The molecule has 1 aromatic carbocycles. The van der Waals surface area contributed by atoms with Crippen molar-refractivity contribution in [1.29, 1.82) is 0 Å². The van der Waals surface area contributed by atoms with Crippen LogP contribution in [0.1, 0.15) is 13.3 Å². The summed E-state index contributed by atoms with van der Waals surface area (Å²) < 4.78 is 38.8. The molecule has 1 aliphatic heterocycles. The monoisotopic (exact) mass is 259 g/mol. The molecular formula is C11H14FNO3S.